The topological polar surface area (TPSA) is 48.1 Å². The molecule has 0 aliphatic heterocycles. The molecule has 3 rings (SSSR count). The fraction of sp³-hybridized carbons (Fsp3) is 0.308. The number of halogens is 1. The van der Waals surface area contributed by atoms with E-state index >= 15 is 0 Å². The van der Waals surface area contributed by atoms with Gasteiger partial charge in [0.05, 0.1) is 17.6 Å². The van der Waals surface area contributed by atoms with E-state index in [1.54, 1.807) is 7.11 Å². The number of aromatic nitrogens is 1. The summed E-state index contributed by atoms with van der Waals surface area (Å²) in [5.41, 5.74) is 7.83. The quantitative estimate of drug-likeness (QED) is 0.889. The average Bonchev–Trinajstić information content (AvgIpc) is 3.08. The van der Waals surface area contributed by atoms with Crippen molar-refractivity contribution in [3.63, 3.8) is 0 Å². The van der Waals surface area contributed by atoms with Crippen LogP contribution in [0.15, 0.2) is 24.3 Å². The molecular formula is C13H13ClN2O. The van der Waals surface area contributed by atoms with Crippen LogP contribution in [0.25, 0.3) is 10.9 Å². The van der Waals surface area contributed by atoms with Crippen molar-refractivity contribution in [2.45, 2.75) is 18.4 Å². The summed E-state index contributed by atoms with van der Waals surface area (Å²) in [7, 11) is 1.60. The lowest BCUT2D eigenvalue weighted by Crippen LogP contribution is -2.19. The first-order chi connectivity index (χ1) is 8.14. The fourth-order valence-electron chi connectivity index (χ4n) is 2.05. The van der Waals surface area contributed by atoms with Crippen molar-refractivity contribution >= 4 is 22.5 Å². The summed E-state index contributed by atoms with van der Waals surface area (Å²) in [4.78, 5) is 4.35. The van der Waals surface area contributed by atoms with Gasteiger partial charge in [0.25, 0.3) is 0 Å². The summed E-state index contributed by atoms with van der Waals surface area (Å²) in [6.07, 6.45) is 2.00. The second-order valence-electron chi connectivity index (χ2n) is 4.50. The molecule has 1 fully saturated rings. The fourth-order valence-corrected chi connectivity index (χ4v) is 2.46. The highest BCUT2D eigenvalue weighted by Crippen LogP contribution is 2.47. The molecule has 3 nitrogen and oxygen atoms in total. The minimum atomic E-state index is -0.217. The molecule has 0 unspecified atom stereocenters. The Balaban J connectivity index is 2.21. The monoisotopic (exact) mass is 248 g/mol. The molecule has 4 heteroatoms. The van der Waals surface area contributed by atoms with Crippen LogP contribution in [-0.4, -0.2) is 12.1 Å². The van der Waals surface area contributed by atoms with Crippen molar-refractivity contribution in [1.29, 1.82) is 0 Å². The zero-order valence-electron chi connectivity index (χ0n) is 9.53. The van der Waals surface area contributed by atoms with Crippen LogP contribution < -0.4 is 10.5 Å². The molecule has 0 bridgehead atoms. The van der Waals surface area contributed by atoms with Gasteiger partial charge in [-0.25, -0.2) is 4.98 Å². The van der Waals surface area contributed by atoms with Gasteiger partial charge in [0, 0.05) is 17.0 Å². The molecule has 1 aromatic heterocycles. The van der Waals surface area contributed by atoms with Crippen LogP contribution in [0.1, 0.15) is 18.4 Å². The Kier molecular flexibility index (Phi) is 2.28. The second-order valence-corrected chi connectivity index (χ2v) is 4.88. The van der Waals surface area contributed by atoms with E-state index in [4.69, 9.17) is 22.1 Å². The predicted molar refractivity (Wildman–Crippen MR) is 68.4 cm³/mol. The Hall–Kier alpha value is -1.32. The van der Waals surface area contributed by atoms with Gasteiger partial charge in [0.1, 0.15) is 0 Å². The molecule has 1 aromatic carbocycles. The number of methoxy groups -OCH3 is 1. The Morgan fingerprint density at radius 1 is 1.29 bits per heavy atom. The Morgan fingerprint density at radius 2 is 2.06 bits per heavy atom. The van der Waals surface area contributed by atoms with Gasteiger partial charge in [-0.15, -0.1) is 0 Å². The Bertz CT molecular complexity index is 593. The van der Waals surface area contributed by atoms with Gasteiger partial charge >= 0.3 is 0 Å². The number of benzene rings is 1. The SMILES string of the molecule is COc1ccc2c(Cl)c(C3(N)CC3)ccc2n1. The molecule has 0 saturated heterocycles. The van der Waals surface area contributed by atoms with E-state index in [0.717, 1.165) is 34.3 Å². The third-order valence-corrected chi connectivity index (χ3v) is 3.72. The first-order valence-electron chi connectivity index (χ1n) is 5.57. The van der Waals surface area contributed by atoms with Crippen LogP contribution in [-0.2, 0) is 5.54 Å². The van der Waals surface area contributed by atoms with Crippen LogP contribution in [0.4, 0.5) is 0 Å². The van der Waals surface area contributed by atoms with Gasteiger partial charge in [-0.05, 0) is 30.5 Å². The van der Waals surface area contributed by atoms with Gasteiger partial charge in [-0.1, -0.05) is 17.7 Å². The van der Waals surface area contributed by atoms with E-state index in [1.807, 2.05) is 24.3 Å². The maximum Gasteiger partial charge on any atom is 0.213 e. The molecule has 0 atom stereocenters. The highest BCUT2D eigenvalue weighted by molar-refractivity contribution is 6.36. The summed E-state index contributed by atoms with van der Waals surface area (Å²) < 4.78 is 5.09. The summed E-state index contributed by atoms with van der Waals surface area (Å²) in [5.74, 6) is 0.593. The van der Waals surface area contributed by atoms with Gasteiger partial charge in [0.15, 0.2) is 0 Å². The maximum atomic E-state index is 6.40. The number of nitrogens with two attached hydrogens (primary N) is 1. The minimum Gasteiger partial charge on any atom is -0.481 e. The van der Waals surface area contributed by atoms with Crippen LogP contribution in [0.2, 0.25) is 5.02 Å². The van der Waals surface area contributed by atoms with E-state index in [1.165, 1.54) is 0 Å². The number of rotatable bonds is 2. The summed E-state index contributed by atoms with van der Waals surface area (Å²) in [6.45, 7) is 0. The van der Waals surface area contributed by atoms with E-state index in [2.05, 4.69) is 4.98 Å². The standard InChI is InChI=1S/C13H13ClN2O/c1-17-11-5-2-8-10(16-11)4-3-9(12(8)14)13(15)6-7-13/h2-5H,6-7,15H2,1H3. The average molecular weight is 249 g/mol. The number of nitrogens with zero attached hydrogens (tertiary/aromatic N) is 1. The maximum absolute atomic E-state index is 6.40. The van der Waals surface area contributed by atoms with E-state index in [0.29, 0.717) is 5.88 Å². The number of fused-ring (bicyclic) bond motifs is 1. The van der Waals surface area contributed by atoms with Crippen LogP contribution in [0.3, 0.4) is 0 Å². The van der Waals surface area contributed by atoms with Crippen molar-refractivity contribution in [2.75, 3.05) is 7.11 Å². The molecule has 2 N–H and O–H groups in total. The summed E-state index contributed by atoms with van der Waals surface area (Å²) >= 11 is 6.40. The number of ether oxygens (including phenoxy) is 1. The zero-order chi connectivity index (χ0) is 12.0. The highest BCUT2D eigenvalue weighted by Gasteiger charge is 2.41. The lowest BCUT2D eigenvalue weighted by atomic mass is 10.0. The van der Waals surface area contributed by atoms with Gasteiger partial charge in [-0.3, -0.25) is 0 Å². The molecule has 1 saturated carbocycles. The van der Waals surface area contributed by atoms with Crippen LogP contribution in [0, 0.1) is 0 Å². The smallest absolute Gasteiger partial charge is 0.213 e. The highest BCUT2D eigenvalue weighted by atomic mass is 35.5. The lowest BCUT2D eigenvalue weighted by Gasteiger charge is -2.13. The molecule has 17 heavy (non-hydrogen) atoms. The van der Waals surface area contributed by atoms with Crippen molar-refractivity contribution in [3.8, 4) is 5.88 Å². The predicted octanol–water partition coefficient (Wildman–Crippen LogP) is 2.84. The molecule has 1 aliphatic rings. The van der Waals surface area contributed by atoms with Crippen LogP contribution >= 0.6 is 11.6 Å². The van der Waals surface area contributed by atoms with Crippen molar-refractivity contribution < 1.29 is 4.74 Å². The third kappa shape index (κ3) is 1.66. The molecular weight excluding hydrogens is 236 g/mol. The van der Waals surface area contributed by atoms with Gasteiger partial charge in [0.2, 0.25) is 5.88 Å². The largest absolute Gasteiger partial charge is 0.481 e. The van der Waals surface area contributed by atoms with Crippen molar-refractivity contribution in [1.82, 2.24) is 4.98 Å². The molecule has 1 heterocycles. The molecule has 0 spiro atoms. The van der Waals surface area contributed by atoms with E-state index in [-0.39, 0.29) is 5.54 Å². The van der Waals surface area contributed by atoms with Crippen LogP contribution in [0.5, 0.6) is 5.88 Å². The molecule has 0 radical (unpaired) electrons. The van der Waals surface area contributed by atoms with E-state index < -0.39 is 0 Å². The molecule has 1 aliphatic carbocycles. The third-order valence-electron chi connectivity index (χ3n) is 3.31. The first kappa shape index (κ1) is 10.8. The zero-order valence-corrected chi connectivity index (χ0v) is 10.3. The van der Waals surface area contributed by atoms with Gasteiger partial charge < -0.3 is 10.5 Å². The van der Waals surface area contributed by atoms with Gasteiger partial charge in [-0.2, -0.15) is 0 Å². The Morgan fingerprint density at radius 3 is 2.71 bits per heavy atom. The van der Waals surface area contributed by atoms with Crippen molar-refractivity contribution in [3.05, 3.63) is 34.9 Å². The summed E-state index contributed by atoms with van der Waals surface area (Å²) in [6, 6.07) is 7.67. The van der Waals surface area contributed by atoms with Crippen molar-refractivity contribution in [2.24, 2.45) is 5.73 Å². The first-order valence-corrected chi connectivity index (χ1v) is 5.94. The Labute approximate surface area is 105 Å². The van der Waals surface area contributed by atoms with E-state index in [9.17, 15) is 0 Å². The number of pyridine rings is 1. The summed E-state index contributed by atoms with van der Waals surface area (Å²) in [5, 5.41) is 1.65. The minimum absolute atomic E-state index is 0.217. The lowest BCUT2D eigenvalue weighted by molar-refractivity contribution is 0.399. The molecule has 2 aromatic rings. The molecule has 0 amide bonds. The number of hydrogen-bond donors (Lipinski definition) is 1. The number of hydrogen-bond acceptors (Lipinski definition) is 3. The molecule has 88 valence electrons. The normalized spacial score (nSPS) is 17.1. The second kappa shape index (κ2) is 3.59.